The van der Waals surface area contributed by atoms with E-state index in [1.54, 1.807) is 0 Å². The maximum atomic E-state index is 5.47. The van der Waals surface area contributed by atoms with E-state index in [9.17, 15) is 0 Å². The minimum Gasteiger partial charge on any atom is -0.375 e. The highest BCUT2D eigenvalue weighted by molar-refractivity contribution is 7.11. The molecule has 0 unspecified atom stereocenters. The molecule has 100 valence electrons. The van der Waals surface area contributed by atoms with E-state index in [1.807, 2.05) is 29.8 Å². The maximum Gasteiger partial charge on any atom is 0.107 e. The third kappa shape index (κ3) is 2.20. The normalized spacial score (nSPS) is 20.2. The molecule has 1 fully saturated rings. The summed E-state index contributed by atoms with van der Waals surface area (Å²) in [4.78, 5) is 8.49. The Bertz CT molecular complexity index is 536. The van der Waals surface area contributed by atoms with Gasteiger partial charge in [0.25, 0.3) is 0 Å². The standard InChI is InChI=1S/C13H16N4OS/c1-3-14-17(4-1)10-6-16(7-10)8-13-15-11-2-5-18-9-12(11)19-13/h1,3-4,10H,2,5-9H2. The van der Waals surface area contributed by atoms with Crippen LogP contribution in [0.5, 0.6) is 0 Å². The van der Waals surface area contributed by atoms with Gasteiger partial charge in [-0.05, 0) is 6.07 Å². The zero-order valence-corrected chi connectivity index (χ0v) is 11.5. The average molecular weight is 276 g/mol. The Morgan fingerprint density at radius 3 is 3.16 bits per heavy atom. The Labute approximate surface area is 115 Å². The third-order valence-electron chi connectivity index (χ3n) is 3.73. The van der Waals surface area contributed by atoms with Crippen molar-refractivity contribution in [2.24, 2.45) is 0 Å². The van der Waals surface area contributed by atoms with Crippen LogP contribution < -0.4 is 0 Å². The quantitative estimate of drug-likeness (QED) is 0.851. The van der Waals surface area contributed by atoms with Crippen molar-refractivity contribution in [1.82, 2.24) is 19.7 Å². The molecule has 1 saturated heterocycles. The van der Waals surface area contributed by atoms with Crippen LogP contribution in [0.15, 0.2) is 18.5 Å². The molecule has 0 amide bonds. The second-order valence-corrected chi connectivity index (χ2v) is 6.28. The molecule has 0 N–H and O–H groups in total. The van der Waals surface area contributed by atoms with Gasteiger partial charge in [0.05, 0.1) is 36.4 Å². The fourth-order valence-corrected chi connectivity index (χ4v) is 3.77. The van der Waals surface area contributed by atoms with Crippen molar-refractivity contribution in [2.75, 3.05) is 19.7 Å². The highest BCUT2D eigenvalue weighted by Gasteiger charge is 2.29. The minimum atomic E-state index is 0.535. The zero-order chi connectivity index (χ0) is 12.7. The van der Waals surface area contributed by atoms with Crippen molar-refractivity contribution in [1.29, 1.82) is 0 Å². The summed E-state index contributed by atoms with van der Waals surface area (Å²) in [6.07, 6.45) is 4.86. The maximum absolute atomic E-state index is 5.47. The van der Waals surface area contributed by atoms with Crippen LogP contribution in [0.4, 0.5) is 0 Å². The topological polar surface area (TPSA) is 43.2 Å². The third-order valence-corrected chi connectivity index (χ3v) is 4.79. The van der Waals surface area contributed by atoms with Gasteiger partial charge in [0.1, 0.15) is 5.01 Å². The van der Waals surface area contributed by atoms with Crippen LogP contribution in [0.3, 0.4) is 0 Å². The molecule has 19 heavy (non-hydrogen) atoms. The van der Waals surface area contributed by atoms with Crippen LogP contribution >= 0.6 is 11.3 Å². The molecule has 0 aliphatic carbocycles. The largest absolute Gasteiger partial charge is 0.375 e. The molecular weight excluding hydrogens is 260 g/mol. The number of rotatable bonds is 3. The van der Waals surface area contributed by atoms with Crippen molar-refractivity contribution >= 4 is 11.3 Å². The summed E-state index contributed by atoms with van der Waals surface area (Å²) in [6.45, 7) is 4.68. The van der Waals surface area contributed by atoms with Crippen molar-refractivity contribution < 1.29 is 4.74 Å². The lowest BCUT2D eigenvalue weighted by Crippen LogP contribution is -2.47. The second-order valence-electron chi connectivity index (χ2n) is 5.11. The van der Waals surface area contributed by atoms with Crippen LogP contribution in [0.2, 0.25) is 0 Å². The summed E-state index contributed by atoms with van der Waals surface area (Å²) in [5.74, 6) is 0. The van der Waals surface area contributed by atoms with E-state index in [2.05, 4.69) is 14.7 Å². The lowest BCUT2D eigenvalue weighted by Gasteiger charge is -2.38. The summed E-state index contributed by atoms with van der Waals surface area (Å²) in [5.41, 5.74) is 1.26. The first kappa shape index (κ1) is 11.6. The molecule has 4 heterocycles. The van der Waals surface area contributed by atoms with Gasteiger partial charge in [-0.2, -0.15) is 5.10 Å². The number of likely N-dealkylation sites (tertiary alicyclic amines) is 1. The van der Waals surface area contributed by atoms with Crippen molar-refractivity contribution in [3.05, 3.63) is 34.0 Å². The summed E-state index contributed by atoms with van der Waals surface area (Å²) in [7, 11) is 0. The lowest BCUT2D eigenvalue weighted by molar-refractivity contribution is 0.0906. The second kappa shape index (κ2) is 4.70. The zero-order valence-electron chi connectivity index (χ0n) is 10.7. The van der Waals surface area contributed by atoms with Gasteiger partial charge in [0.2, 0.25) is 0 Å². The number of aromatic nitrogens is 3. The van der Waals surface area contributed by atoms with Gasteiger partial charge in [0.15, 0.2) is 0 Å². The predicted octanol–water partition coefficient (Wildman–Crippen LogP) is 1.47. The van der Waals surface area contributed by atoms with E-state index in [4.69, 9.17) is 9.72 Å². The molecule has 6 heteroatoms. The predicted molar refractivity (Wildman–Crippen MR) is 72.0 cm³/mol. The fraction of sp³-hybridized carbons (Fsp3) is 0.538. The van der Waals surface area contributed by atoms with Gasteiger partial charge in [-0.1, -0.05) is 0 Å². The smallest absolute Gasteiger partial charge is 0.107 e. The highest BCUT2D eigenvalue weighted by Crippen LogP contribution is 2.27. The van der Waals surface area contributed by atoms with Gasteiger partial charge in [-0.3, -0.25) is 9.58 Å². The van der Waals surface area contributed by atoms with Gasteiger partial charge >= 0.3 is 0 Å². The van der Waals surface area contributed by atoms with Crippen LogP contribution in [0.1, 0.15) is 21.6 Å². The van der Waals surface area contributed by atoms with Crippen molar-refractivity contribution in [2.45, 2.75) is 25.6 Å². The molecule has 0 radical (unpaired) electrons. The van der Waals surface area contributed by atoms with Gasteiger partial charge in [-0.15, -0.1) is 11.3 Å². The number of ether oxygens (including phenoxy) is 1. The van der Waals surface area contributed by atoms with E-state index in [1.165, 1.54) is 15.6 Å². The molecule has 0 atom stereocenters. The number of hydrogen-bond donors (Lipinski definition) is 0. The Kier molecular flexibility index (Phi) is 2.86. The van der Waals surface area contributed by atoms with Crippen LogP contribution in [-0.4, -0.2) is 39.4 Å². The molecule has 2 aromatic heterocycles. The van der Waals surface area contributed by atoms with E-state index in [-0.39, 0.29) is 0 Å². The molecular formula is C13H16N4OS. The molecule has 0 bridgehead atoms. The Balaban J connectivity index is 1.37. The molecule has 0 spiro atoms. The van der Waals surface area contributed by atoms with E-state index in [0.717, 1.165) is 39.3 Å². The number of hydrogen-bond acceptors (Lipinski definition) is 5. The van der Waals surface area contributed by atoms with E-state index in [0.29, 0.717) is 6.04 Å². The van der Waals surface area contributed by atoms with Gasteiger partial charge < -0.3 is 4.74 Å². The molecule has 4 rings (SSSR count). The molecule has 0 saturated carbocycles. The molecule has 2 aromatic rings. The first-order valence-electron chi connectivity index (χ1n) is 6.65. The Morgan fingerprint density at radius 1 is 1.42 bits per heavy atom. The minimum absolute atomic E-state index is 0.535. The van der Waals surface area contributed by atoms with E-state index >= 15 is 0 Å². The summed E-state index contributed by atoms with van der Waals surface area (Å²) in [5, 5.41) is 5.52. The Morgan fingerprint density at radius 2 is 2.37 bits per heavy atom. The van der Waals surface area contributed by atoms with Crippen LogP contribution in [0, 0.1) is 0 Å². The highest BCUT2D eigenvalue weighted by atomic mass is 32.1. The number of thiazole rings is 1. The average Bonchev–Trinajstić information content (AvgIpc) is 3.01. The van der Waals surface area contributed by atoms with Crippen molar-refractivity contribution in [3.8, 4) is 0 Å². The summed E-state index contributed by atoms with van der Waals surface area (Å²) < 4.78 is 7.52. The molecule has 2 aliphatic heterocycles. The summed E-state index contributed by atoms with van der Waals surface area (Å²) >= 11 is 1.81. The van der Waals surface area contributed by atoms with Crippen LogP contribution in [0.25, 0.3) is 0 Å². The van der Waals surface area contributed by atoms with Gasteiger partial charge in [0, 0.05) is 31.9 Å². The van der Waals surface area contributed by atoms with Crippen LogP contribution in [-0.2, 0) is 24.3 Å². The van der Waals surface area contributed by atoms with Crippen molar-refractivity contribution in [3.63, 3.8) is 0 Å². The Hall–Kier alpha value is -1.24. The number of fused-ring (bicyclic) bond motifs is 1. The van der Waals surface area contributed by atoms with Gasteiger partial charge in [-0.25, -0.2) is 4.98 Å². The monoisotopic (exact) mass is 276 g/mol. The first-order valence-corrected chi connectivity index (χ1v) is 7.47. The fourth-order valence-electron chi connectivity index (χ4n) is 2.67. The SMILES string of the molecule is c1cnn(C2CN(Cc3nc4c(s3)COCC4)C2)c1. The lowest BCUT2D eigenvalue weighted by atomic mass is 10.1. The van der Waals surface area contributed by atoms with E-state index < -0.39 is 0 Å². The first-order chi connectivity index (χ1) is 9.38. The molecule has 2 aliphatic rings. The molecule has 0 aromatic carbocycles. The molecule has 5 nitrogen and oxygen atoms in total. The summed E-state index contributed by atoms with van der Waals surface area (Å²) in [6, 6.07) is 2.52. The number of nitrogens with zero attached hydrogens (tertiary/aromatic N) is 4.